The van der Waals surface area contributed by atoms with Gasteiger partial charge in [-0.15, -0.1) is 13.2 Å². The number of nitrogens with zero attached hydrogens (tertiary/aromatic N) is 1. The van der Waals surface area contributed by atoms with Crippen LogP contribution in [0, 0.1) is 6.92 Å². The first-order valence-corrected chi connectivity index (χ1v) is 8.14. The molecular formula is C19H12ClF3N2O. The minimum Gasteiger partial charge on any atom is -0.403 e. The van der Waals surface area contributed by atoms with Gasteiger partial charge in [0.15, 0.2) is 5.75 Å². The smallest absolute Gasteiger partial charge is 0.403 e. The minimum absolute atomic E-state index is 0.0584. The van der Waals surface area contributed by atoms with E-state index in [2.05, 4.69) is 14.7 Å². The molecule has 0 aliphatic rings. The standard InChI is InChI=1S/C19H12ClF3N2O/c1-10-4-2-3-5-11(10)12-6-7-14(26-19(21,22)23)17-15(12)16-13(8-9-24-16)18(20)25-17/h2-9,24H,1H3. The number of fused-ring (bicyclic) bond motifs is 3. The second-order valence-corrected chi connectivity index (χ2v) is 6.22. The fourth-order valence-electron chi connectivity index (χ4n) is 3.15. The molecule has 0 aliphatic heterocycles. The molecule has 0 radical (unpaired) electrons. The van der Waals surface area contributed by atoms with Crippen molar-refractivity contribution in [1.29, 1.82) is 0 Å². The lowest BCUT2D eigenvalue weighted by atomic mass is 9.95. The second-order valence-electron chi connectivity index (χ2n) is 5.87. The zero-order chi connectivity index (χ0) is 18.5. The Morgan fingerprint density at radius 2 is 1.81 bits per heavy atom. The molecule has 26 heavy (non-hydrogen) atoms. The van der Waals surface area contributed by atoms with Crippen molar-refractivity contribution in [3.63, 3.8) is 0 Å². The normalized spacial score (nSPS) is 12.0. The number of H-pyrrole nitrogens is 1. The van der Waals surface area contributed by atoms with E-state index in [9.17, 15) is 13.2 Å². The summed E-state index contributed by atoms with van der Waals surface area (Å²) < 4.78 is 42.6. The quantitative estimate of drug-likeness (QED) is 0.420. The van der Waals surface area contributed by atoms with Gasteiger partial charge in [-0.3, -0.25) is 0 Å². The lowest BCUT2D eigenvalue weighted by Crippen LogP contribution is -2.17. The van der Waals surface area contributed by atoms with Crippen molar-refractivity contribution in [3.05, 3.63) is 59.4 Å². The highest BCUT2D eigenvalue weighted by Gasteiger charge is 2.32. The van der Waals surface area contributed by atoms with Crippen molar-refractivity contribution in [3.8, 4) is 16.9 Å². The maximum absolute atomic E-state index is 12.8. The van der Waals surface area contributed by atoms with Crippen molar-refractivity contribution in [2.45, 2.75) is 13.3 Å². The molecule has 0 fully saturated rings. The average molecular weight is 377 g/mol. The van der Waals surface area contributed by atoms with Crippen LogP contribution in [0.15, 0.2) is 48.7 Å². The molecule has 7 heteroatoms. The van der Waals surface area contributed by atoms with E-state index in [1.54, 1.807) is 18.3 Å². The number of rotatable bonds is 2. The maximum atomic E-state index is 12.8. The van der Waals surface area contributed by atoms with Gasteiger partial charge in [0.1, 0.15) is 10.7 Å². The van der Waals surface area contributed by atoms with E-state index in [0.29, 0.717) is 16.3 Å². The van der Waals surface area contributed by atoms with Crippen molar-refractivity contribution in [2.75, 3.05) is 0 Å². The third kappa shape index (κ3) is 2.76. The summed E-state index contributed by atoms with van der Waals surface area (Å²) in [6, 6.07) is 12.3. The van der Waals surface area contributed by atoms with Crippen LogP contribution >= 0.6 is 11.6 Å². The molecule has 2 aromatic carbocycles. The highest BCUT2D eigenvalue weighted by atomic mass is 35.5. The molecule has 2 heterocycles. The summed E-state index contributed by atoms with van der Waals surface area (Å²) in [4.78, 5) is 7.26. The monoisotopic (exact) mass is 376 g/mol. The Kier molecular flexibility index (Phi) is 3.80. The van der Waals surface area contributed by atoms with Crippen molar-refractivity contribution in [1.82, 2.24) is 9.97 Å². The van der Waals surface area contributed by atoms with Crippen LogP contribution in [0.25, 0.3) is 32.9 Å². The molecular weight excluding hydrogens is 365 g/mol. The first-order chi connectivity index (χ1) is 12.3. The summed E-state index contributed by atoms with van der Waals surface area (Å²) in [5.41, 5.74) is 3.32. The molecule has 132 valence electrons. The highest BCUT2D eigenvalue weighted by molar-refractivity contribution is 6.36. The Labute approximate surface area is 151 Å². The van der Waals surface area contributed by atoms with Gasteiger partial charge in [-0.25, -0.2) is 4.98 Å². The molecule has 4 aromatic rings. The van der Waals surface area contributed by atoms with Gasteiger partial charge >= 0.3 is 6.36 Å². The number of aryl methyl sites for hydroxylation is 1. The lowest BCUT2D eigenvalue weighted by Gasteiger charge is -2.15. The van der Waals surface area contributed by atoms with Crippen LogP contribution in [0.1, 0.15) is 5.56 Å². The molecule has 0 atom stereocenters. The topological polar surface area (TPSA) is 37.9 Å². The summed E-state index contributed by atoms with van der Waals surface area (Å²) in [7, 11) is 0. The molecule has 0 saturated heterocycles. The number of hydrogen-bond donors (Lipinski definition) is 1. The van der Waals surface area contributed by atoms with Crippen molar-refractivity contribution >= 4 is 33.4 Å². The van der Waals surface area contributed by atoms with E-state index in [-0.39, 0.29) is 16.4 Å². The molecule has 1 N–H and O–H groups in total. The summed E-state index contributed by atoms with van der Waals surface area (Å²) in [5, 5.41) is 1.28. The SMILES string of the molecule is Cc1ccccc1-c1ccc(OC(F)(F)F)c2nc(Cl)c3cc[nH]c3c12. The number of pyridine rings is 1. The number of aromatic nitrogens is 2. The molecule has 0 aliphatic carbocycles. The van der Waals surface area contributed by atoms with Crippen LogP contribution in [0.5, 0.6) is 5.75 Å². The third-order valence-electron chi connectivity index (χ3n) is 4.23. The van der Waals surface area contributed by atoms with Gasteiger partial charge in [-0.1, -0.05) is 35.9 Å². The number of nitrogens with one attached hydrogen (secondary N) is 1. The molecule has 0 amide bonds. The number of benzene rings is 2. The number of halogens is 4. The molecule has 0 bridgehead atoms. The van der Waals surface area contributed by atoms with Crippen LogP contribution in [0.4, 0.5) is 13.2 Å². The fraction of sp³-hybridized carbons (Fsp3) is 0.105. The molecule has 4 rings (SSSR count). The summed E-state index contributed by atoms with van der Waals surface area (Å²) in [5.74, 6) is -0.386. The zero-order valence-electron chi connectivity index (χ0n) is 13.5. The average Bonchev–Trinajstić information content (AvgIpc) is 3.05. The van der Waals surface area contributed by atoms with E-state index < -0.39 is 6.36 Å². The van der Waals surface area contributed by atoms with E-state index in [0.717, 1.165) is 16.7 Å². The van der Waals surface area contributed by atoms with Gasteiger partial charge in [0.05, 0.1) is 5.52 Å². The first-order valence-electron chi connectivity index (χ1n) is 7.76. The van der Waals surface area contributed by atoms with Gasteiger partial charge in [-0.05, 0) is 41.8 Å². The molecule has 3 nitrogen and oxygen atoms in total. The van der Waals surface area contributed by atoms with Gasteiger partial charge < -0.3 is 9.72 Å². The number of hydrogen-bond acceptors (Lipinski definition) is 2. The van der Waals surface area contributed by atoms with E-state index >= 15 is 0 Å². The maximum Gasteiger partial charge on any atom is 0.573 e. The van der Waals surface area contributed by atoms with Crippen LogP contribution in [-0.2, 0) is 0 Å². The van der Waals surface area contributed by atoms with Crippen molar-refractivity contribution in [2.24, 2.45) is 0 Å². The molecule has 0 unspecified atom stereocenters. The second kappa shape index (κ2) is 5.92. The van der Waals surface area contributed by atoms with Crippen molar-refractivity contribution < 1.29 is 17.9 Å². The first kappa shape index (κ1) is 16.7. The Bertz CT molecular complexity index is 1130. The molecule has 0 saturated carbocycles. The van der Waals surface area contributed by atoms with Gasteiger partial charge in [-0.2, -0.15) is 0 Å². The van der Waals surface area contributed by atoms with E-state index in [1.165, 1.54) is 6.07 Å². The largest absolute Gasteiger partial charge is 0.573 e. The molecule has 0 spiro atoms. The third-order valence-corrected chi connectivity index (χ3v) is 4.52. The fourth-order valence-corrected chi connectivity index (χ4v) is 3.39. The van der Waals surface area contributed by atoms with E-state index in [1.807, 2.05) is 31.2 Å². The zero-order valence-corrected chi connectivity index (χ0v) is 14.2. The van der Waals surface area contributed by atoms with Crippen LogP contribution in [0.2, 0.25) is 5.15 Å². The number of ether oxygens (including phenoxy) is 1. The summed E-state index contributed by atoms with van der Waals surface area (Å²) in [6.45, 7) is 1.94. The van der Waals surface area contributed by atoms with Crippen LogP contribution in [0.3, 0.4) is 0 Å². The lowest BCUT2D eigenvalue weighted by molar-refractivity contribution is -0.274. The highest BCUT2D eigenvalue weighted by Crippen LogP contribution is 2.41. The Morgan fingerprint density at radius 1 is 1.04 bits per heavy atom. The van der Waals surface area contributed by atoms with Gasteiger partial charge in [0.25, 0.3) is 0 Å². The van der Waals surface area contributed by atoms with Crippen LogP contribution < -0.4 is 4.74 Å². The van der Waals surface area contributed by atoms with Gasteiger partial charge in [0, 0.05) is 17.0 Å². The molecule has 2 aromatic heterocycles. The summed E-state index contributed by atoms with van der Waals surface area (Å²) >= 11 is 6.18. The van der Waals surface area contributed by atoms with E-state index in [4.69, 9.17) is 11.6 Å². The van der Waals surface area contributed by atoms with Crippen LogP contribution in [-0.4, -0.2) is 16.3 Å². The predicted molar refractivity (Wildman–Crippen MR) is 95.5 cm³/mol. The number of aromatic amines is 1. The Morgan fingerprint density at radius 3 is 2.54 bits per heavy atom. The van der Waals surface area contributed by atoms with Gasteiger partial charge in [0.2, 0.25) is 0 Å². The Balaban J connectivity index is 2.13. The number of alkyl halides is 3. The summed E-state index contributed by atoms with van der Waals surface area (Å²) in [6.07, 6.45) is -3.15. The predicted octanol–water partition coefficient (Wildman–Crippen LogP) is 6.24. The Hall–Kier alpha value is -2.73. The minimum atomic E-state index is -4.82.